The van der Waals surface area contributed by atoms with E-state index in [1.807, 2.05) is 16.7 Å². The number of hydrogen-bond donors (Lipinski definition) is 0. The van der Waals surface area contributed by atoms with Crippen molar-refractivity contribution in [3.63, 3.8) is 0 Å². The van der Waals surface area contributed by atoms with Gasteiger partial charge in [-0.05, 0) is 19.9 Å². The largest absolute Gasteiger partial charge is 0.336 e. The van der Waals surface area contributed by atoms with Gasteiger partial charge in [0.25, 0.3) is 11.5 Å². The maximum Gasteiger partial charge on any atom is 0.254 e. The molecule has 1 saturated heterocycles. The van der Waals surface area contributed by atoms with Gasteiger partial charge in [-0.1, -0.05) is 0 Å². The highest BCUT2D eigenvalue weighted by molar-refractivity contribution is 8.00. The normalized spacial score (nSPS) is 18.7. The number of hydrogen-bond acceptors (Lipinski definition) is 3. The van der Waals surface area contributed by atoms with E-state index in [9.17, 15) is 9.59 Å². The lowest BCUT2D eigenvalue weighted by atomic mass is 10.1. The Kier molecular flexibility index (Phi) is 3.52. The van der Waals surface area contributed by atoms with Crippen LogP contribution in [0.2, 0.25) is 0 Å². The molecule has 0 radical (unpaired) electrons. The zero-order chi connectivity index (χ0) is 13.3. The van der Waals surface area contributed by atoms with E-state index in [2.05, 4.69) is 13.8 Å². The van der Waals surface area contributed by atoms with Crippen LogP contribution >= 0.6 is 11.8 Å². The highest BCUT2D eigenvalue weighted by Crippen LogP contribution is 2.29. The molecule has 0 aromatic carbocycles. The Hall–Kier alpha value is -1.23. The number of amides is 1. The van der Waals surface area contributed by atoms with Crippen LogP contribution in [0.4, 0.5) is 0 Å². The lowest BCUT2D eigenvalue weighted by Crippen LogP contribution is -2.46. The summed E-state index contributed by atoms with van der Waals surface area (Å²) in [7, 11) is 1.68. The van der Waals surface area contributed by atoms with E-state index < -0.39 is 0 Å². The molecule has 1 amide bonds. The lowest BCUT2D eigenvalue weighted by Gasteiger charge is -2.37. The molecule has 2 heterocycles. The molecule has 0 atom stereocenters. The molecular formula is C13H18N2O2S. The first-order valence-electron chi connectivity index (χ1n) is 5.99. The third kappa shape index (κ3) is 2.77. The van der Waals surface area contributed by atoms with Crippen molar-refractivity contribution in [2.75, 3.05) is 18.8 Å². The number of carbonyl (C=O) groups is 1. The topological polar surface area (TPSA) is 42.3 Å². The molecule has 98 valence electrons. The second-order valence-electron chi connectivity index (χ2n) is 5.20. The fourth-order valence-electron chi connectivity index (χ4n) is 2.05. The van der Waals surface area contributed by atoms with Crippen molar-refractivity contribution >= 4 is 17.7 Å². The fraction of sp³-hybridized carbons (Fsp3) is 0.538. The number of carbonyl (C=O) groups excluding carboxylic acids is 1. The number of thioether (sulfide) groups is 1. The first-order valence-corrected chi connectivity index (χ1v) is 6.97. The number of rotatable bonds is 1. The summed E-state index contributed by atoms with van der Waals surface area (Å²) in [5.41, 5.74) is 0.340. The van der Waals surface area contributed by atoms with Gasteiger partial charge in [-0.15, -0.1) is 0 Å². The highest BCUT2D eigenvalue weighted by atomic mass is 32.2. The van der Waals surface area contributed by atoms with Gasteiger partial charge in [-0.3, -0.25) is 9.59 Å². The molecule has 1 aromatic rings. The number of nitrogens with zero attached hydrogens (tertiary/aromatic N) is 2. The van der Waals surface area contributed by atoms with Crippen LogP contribution in [0.15, 0.2) is 23.1 Å². The van der Waals surface area contributed by atoms with E-state index in [1.54, 1.807) is 19.3 Å². The molecule has 0 N–H and O–H groups in total. The van der Waals surface area contributed by atoms with Crippen LogP contribution in [0.5, 0.6) is 0 Å². The summed E-state index contributed by atoms with van der Waals surface area (Å²) in [6.07, 6.45) is 1.64. The predicted molar refractivity (Wildman–Crippen MR) is 74.1 cm³/mol. The van der Waals surface area contributed by atoms with E-state index in [1.165, 1.54) is 10.6 Å². The van der Waals surface area contributed by atoms with Crippen LogP contribution in [0, 0.1) is 0 Å². The van der Waals surface area contributed by atoms with E-state index >= 15 is 0 Å². The Morgan fingerprint density at radius 1 is 1.44 bits per heavy atom. The fourth-order valence-corrected chi connectivity index (χ4v) is 3.17. The molecule has 0 bridgehead atoms. The summed E-state index contributed by atoms with van der Waals surface area (Å²) < 4.78 is 1.56. The zero-order valence-electron chi connectivity index (χ0n) is 11.0. The quantitative estimate of drug-likeness (QED) is 0.770. The first-order chi connectivity index (χ1) is 8.39. The van der Waals surface area contributed by atoms with Crippen LogP contribution in [0.3, 0.4) is 0 Å². The van der Waals surface area contributed by atoms with Gasteiger partial charge in [0.1, 0.15) is 0 Å². The summed E-state index contributed by atoms with van der Waals surface area (Å²) in [5.74, 6) is 0.907. The summed E-state index contributed by atoms with van der Waals surface area (Å²) in [6.45, 7) is 5.76. The minimum absolute atomic E-state index is 0.0407. The van der Waals surface area contributed by atoms with Gasteiger partial charge < -0.3 is 9.47 Å². The molecule has 5 heteroatoms. The Balaban J connectivity index is 2.20. The predicted octanol–water partition coefficient (Wildman–Crippen LogP) is 1.35. The maximum atomic E-state index is 12.3. The van der Waals surface area contributed by atoms with E-state index in [0.717, 1.165) is 18.8 Å². The van der Waals surface area contributed by atoms with Gasteiger partial charge >= 0.3 is 0 Å². The molecule has 0 saturated carbocycles. The first kappa shape index (κ1) is 13.2. The molecule has 1 fully saturated rings. The average Bonchev–Trinajstić information content (AvgIpc) is 2.30. The van der Waals surface area contributed by atoms with E-state index in [0.29, 0.717) is 5.56 Å². The van der Waals surface area contributed by atoms with Gasteiger partial charge in [0, 0.05) is 48.5 Å². The molecule has 18 heavy (non-hydrogen) atoms. The van der Waals surface area contributed by atoms with Crippen molar-refractivity contribution in [3.8, 4) is 0 Å². The van der Waals surface area contributed by atoms with Crippen molar-refractivity contribution in [1.29, 1.82) is 0 Å². The molecule has 1 aliphatic heterocycles. The van der Waals surface area contributed by atoms with Crippen molar-refractivity contribution < 1.29 is 4.79 Å². The standard InChI is InChI=1S/C13H18N2O2S/c1-13(2)9-15(6-7-18-13)12(17)10-4-5-14(3)11(16)8-10/h4-5,8H,6-7,9H2,1-3H3. The molecule has 0 spiro atoms. The average molecular weight is 266 g/mol. The van der Waals surface area contributed by atoms with E-state index in [4.69, 9.17) is 0 Å². The third-order valence-electron chi connectivity index (χ3n) is 3.06. The number of pyridine rings is 1. The third-order valence-corrected chi connectivity index (χ3v) is 4.36. The van der Waals surface area contributed by atoms with Gasteiger partial charge in [-0.25, -0.2) is 0 Å². The van der Waals surface area contributed by atoms with Gasteiger partial charge in [0.15, 0.2) is 0 Å². The van der Waals surface area contributed by atoms with Crippen LogP contribution in [0.1, 0.15) is 24.2 Å². The second-order valence-corrected chi connectivity index (χ2v) is 7.00. The molecule has 0 aliphatic carbocycles. The Labute approximate surface area is 111 Å². The van der Waals surface area contributed by atoms with Crippen LogP contribution in [-0.4, -0.2) is 39.0 Å². The molecular weight excluding hydrogens is 248 g/mol. The zero-order valence-corrected chi connectivity index (χ0v) is 11.8. The molecule has 1 aliphatic rings. The minimum Gasteiger partial charge on any atom is -0.336 e. The monoisotopic (exact) mass is 266 g/mol. The number of aryl methyl sites for hydroxylation is 1. The summed E-state index contributed by atoms with van der Waals surface area (Å²) >= 11 is 1.88. The second kappa shape index (κ2) is 4.80. The molecule has 4 nitrogen and oxygen atoms in total. The summed E-state index contributed by atoms with van der Waals surface area (Å²) in [4.78, 5) is 25.7. The summed E-state index contributed by atoms with van der Waals surface area (Å²) in [6, 6.07) is 3.12. The van der Waals surface area contributed by atoms with Gasteiger partial charge in [-0.2, -0.15) is 11.8 Å². The van der Waals surface area contributed by atoms with Crippen molar-refractivity contribution in [1.82, 2.24) is 9.47 Å². The SMILES string of the molecule is Cn1ccc(C(=O)N2CCSC(C)(C)C2)cc1=O. The van der Waals surface area contributed by atoms with Crippen LogP contribution < -0.4 is 5.56 Å². The Morgan fingerprint density at radius 2 is 2.17 bits per heavy atom. The molecule has 1 aromatic heterocycles. The van der Waals surface area contributed by atoms with Crippen molar-refractivity contribution in [2.24, 2.45) is 7.05 Å². The molecule has 2 rings (SSSR count). The van der Waals surface area contributed by atoms with Gasteiger partial charge in [0.2, 0.25) is 0 Å². The van der Waals surface area contributed by atoms with Crippen molar-refractivity contribution in [2.45, 2.75) is 18.6 Å². The van der Waals surface area contributed by atoms with E-state index in [-0.39, 0.29) is 16.2 Å². The Bertz CT molecular complexity index is 522. The van der Waals surface area contributed by atoms with Crippen molar-refractivity contribution in [3.05, 3.63) is 34.2 Å². The number of aromatic nitrogens is 1. The Morgan fingerprint density at radius 3 is 2.78 bits per heavy atom. The van der Waals surface area contributed by atoms with Gasteiger partial charge in [0.05, 0.1) is 0 Å². The maximum absolute atomic E-state index is 12.3. The smallest absolute Gasteiger partial charge is 0.254 e. The molecule has 0 unspecified atom stereocenters. The lowest BCUT2D eigenvalue weighted by molar-refractivity contribution is 0.0747. The highest BCUT2D eigenvalue weighted by Gasteiger charge is 2.30. The summed E-state index contributed by atoms with van der Waals surface area (Å²) in [5, 5.41) is 0. The minimum atomic E-state index is -0.147. The van der Waals surface area contributed by atoms with Crippen LogP contribution in [0.25, 0.3) is 0 Å². The van der Waals surface area contributed by atoms with Crippen LogP contribution in [-0.2, 0) is 7.05 Å².